The minimum absolute atomic E-state index is 0.238. The summed E-state index contributed by atoms with van der Waals surface area (Å²) in [4.78, 5) is 25.5. The number of amides is 1. The average Bonchev–Trinajstić information content (AvgIpc) is 3.27. The van der Waals surface area contributed by atoms with Crippen molar-refractivity contribution in [2.75, 3.05) is 65.1 Å². The molecule has 2 aliphatic heterocycles. The van der Waals surface area contributed by atoms with Gasteiger partial charge in [-0.15, -0.1) is 0 Å². The van der Waals surface area contributed by atoms with Crippen molar-refractivity contribution in [2.45, 2.75) is 25.3 Å². The molecule has 32 heavy (non-hydrogen) atoms. The van der Waals surface area contributed by atoms with Crippen LogP contribution in [-0.4, -0.2) is 90.9 Å². The molecule has 11 heteroatoms. The Labute approximate surface area is 187 Å². The van der Waals surface area contributed by atoms with Gasteiger partial charge in [-0.05, 0) is 19.4 Å². The third kappa shape index (κ3) is 4.72. The van der Waals surface area contributed by atoms with Crippen molar-refractivity contribution < 1.29 is 19.0 Å². The van der Waals surface area contributed by atoms with E-state index in [0.29, 0.717) is 37.9 Å². The van der Waals surface area contributed by atoms with E-state index in [4.69, 9.17) is 24.5 Å². The lowest BCUT2D eigenvalue weighted by Crippen LogP contribution is -2.37. The second kappa shape index (κ2) is 10.0. The fraction of sp³-hybridized carbons (Fsp3) is 0.619. The third-order valence-corrected chi connectivity index (χ3v) is 5.99. The number of alkyl carbamates (subject to hydrolysis) is 1. The zero-order chi connectivity index (χ0) is 22.5. The van der Waals surface area contributed by atoms with Crippen molar-refractivity contribution in [3.05, 3.63) is 24.5 Å². The van der Waals surface area contributed by atoms with E-state index in [1.54, 1.807) is 7.11 Å². The average molecular weight is 446 g/mol. The molecule has 0 aliphatic carbocycles. The van der Waals surface area contributed by atoms with E-state index in [-0.39, 0.29) is 6.04 Å². The van der Waals surface area contributed by atoms with E-state index in [1.165, 1.54) is 7.11 Å². The monoisotopic (exact) mass is 445 g/mol. The first-order valence-corrected chi connectivity index (χ1v) is 11.0. The molecule has 0 radical (unpaired) electrons. The molecule has 4 rings (SSSR count). The maximum atomic E-state index is 11.4. The van der Waals surface area contributed by atoms with Crippen LogP contribution in [0.4, 0.5) is 10.6 Å². The van der Waals surface area contributed by atoms with Gasteiger partial charge in [-0.2, -0.15) is 5.10 Å². The first kappa shape index (κ1) is 22.1. The van der Waals surface area contributed by atoms with Gasteiger partial charge in [0.05, 0.1) is 45.1 Å². The fourth-order valence-corrected chi connectivity index (χ4v) is 4.19. The predicted molar refractivity (Wildman–Crippen MR) is 118 cm³/mol. The highest BCUT2D eigenvalue weighted by Gasteiger charge is 2.26. The minimum atomic E-state index is -0.464. The van der Waals surface area contributed by atoms with Crippen LogP contribution in [0.15, 0.2) is 18.7 Å². The number of likely N-dealkylation sites (tertiary alicyclic amines) is 1. The lowest BCUT2D eigenvalue weighted by Gasteiger charge is -2.33. The summed E-state index contributed by atoms with van der Waals surface area (Å²) < 4.78 is 17.5. The normalized spacial score (nSPS) is 17.4. The molecular weight excluding hydrogens is 414 g/mol. The maximum Gasteiger partial charge on any atom is 0.406 e. The molecule has 1 amide bonds. The van der Waals surface area contributed by atoms with E-state index < -0.39 is 6.09 Å². The fourth-order valence-electron chi connectivity index (χ4n) is 4.19. The third-order valence-electron chi connectivity index (χ3n) is 5.99. The van der Waals surface area contributed by atoms with Gasteiger partial charge in [-0.1, -0.05) is 0 Å². The lowest BCUT2D eigenvalue weighted by atomic mass is 10.1. The molecule has 2 saturated heterocycles. The molecule has 0 saturated carbocycles. The van der Waals surface area contributed by atoms with Gasteiger partial charge in [0.1, 0.15) is 11.6 Å². The van der Waals surface area contributed by atoms with Crippen LogP contribution in [0.5, 0.6) is 0 Å². The number of methoxy groups -OCH3 is 2. The highest BCUT2D eigenvalue weighted by Crippen LogP contribution is 2.30. The Morgan fingerprint density at radius 2 is 1.94 bits per heavy atom. The van der Waals surface area contributed by atoms with Gasteiger partial charge in [0.15, 0.2) is 11.5 Å². The summed E-state index contributed by atoms with van der Waals surface area (Å²) in [5.74, 6) is 2.25. The number of nitrogens with one attached hydrogen (secondary N) is 1. The predicted octanol–water partition coefficient (Wildman–Crippen LogP) is 1.32. The molecule has 4 heterocycles. The molecule has 174 valence electrons. The lowest BCUT2D eigenvalue weighted by molar-refractivity contribution is 0.118. The van der Waals surface area contributed by atoms with Crippen LogP contribution >= 0.6 is 0 Å². The summed E-state index contributed by atoms with van der Waals surface area (Å²) in [6.45, 7) is 8.95. The molecule has 0 atom stereocenters. The van der Waals surface area contributed by atoms with E-state index in [2.05, 4.69) is 26.4 Å². The Morgan fingerprint density at radius 1 is 1.19 bits per heavy atom. The van der Waals surface area contributed by atoms with Gasteiger partial charge >= 0.3 is 6.09 Å². The minimum Gasteiger partial charge on any atom is -0.483 e. The van der Waals surface area contributed by atoms with E-state index >= 15 is 0 Å². The molecule has 0 spiro atoms. The first-order valence-electron chi connectivity index (χ1n) is 11.0. The van der Waals surface area contributed by atoms with Gasteiger partial charge in [0.2, 0.25) is 0 Å². The van der Waals surface area contributed by atoms with Crippen molar-refractivity contribution in [2.24, 2.45) is 0 Å². The molecular formula is C21H31N7O4. The number of morpholine rings is 1. The number of carbonyl (C=O) groups excluding carboxylic acids is 1. The van der Waals surface area contributed by atoms with Crippen LogP contribution in [0.1, 0.15) is 24.7 Å². The Kier molecular flexibility index (Phi) is 6.93. The zero-order valence-corrected chi connectivity index (χ0v) is 18.7. The van der Waals surface area contributed by atoms with E-state index in [0.717, 1.165) is 55.9 Å². The maximum absolute atomic E-state index is 11.4. The number of anilines is 1. The molecule has 0 aromatic carbocycles. The molecule has 2 aromatic rings. The molecule has 1 N–H and O–H groups in total. The van der Waals surface area contributed by atoms with Gasteiger partial charge in [0, 0.05) is 39.1 Å². The van der Waals surface area contributed by atoms with Crippen LogP contribution < -0.4 is 10.2 Å². The number of aromatic nitrogens is 4. The Bertz CT molecular complexity index is 949. The van der Waals surface area contributed by atoms with Crippen LogP contribution in [0.2, 0.25) is 0 Å². The molecule has 2 aromatic heterocycles. The largest absolute Gasteiger partial charge is 0.483 e. The topological polar surface area (TPSA) is 107 Å². The first-order chi connectivity index (χ1) is 15.6. The number of ether oxygens (including phenoxy) is 3. The smallest absolute Gasteiger partial charge is 0.406 e. The van der Waals surface area contributed by atoms with Gasteiger partial charge in [-0.3, -0.25) is 0 Å². The molecule has 11 nitrogen and oxygen atoms in total. The summed E-state index contributed by atoms with van der Waals surface area (Å²) in [5, 5.41) is 8.36. The Balaban J connectivity index is 1.60. The summed E-state index contributed by atoms with van der Waals surface area (Å²) in [5.41, 5.74) is 0.832. The highest BCUT2D eigenvalue weighted by molar-refractivity contribution is 5.87. The van der Waals surface area contributed by atoms with Gasteiger partial charge in [0.25, 0.3) is 0 Å². The number of rotatable bonds is 7. The summed E-state index contributed by atoms with van der Waals surface area (Å²) >= 11 is 0. The second-order valence-corrected chi connectivity index (χ2v) is 7.87. The van der Waals surface area contributed by atoms with Crippen LogP contribution in [0, 0.1) is 0 Å². The van der Waals surface area contributed by atoms with Crippen molar-refractivity contribution in [3.63, 3.8) is 0 Å². The number of nitrogens with zero attached hydrogens (tertiary/aromatic N) is 6. The summed E-state index contributed by atoms with van der Waals surface area (Å²) in [6, 6.07) is 0.238. The number of carbonyl (C=O) groups is 1. The van der Waals surface area contributed by atoms with Crippen LogP contribution in [-0.2, 0) is 20.6 Å². The van der Waals surface area contributed by atoms with Crippen molar-refractivity contribution in [3.8, 4) is 0 Å². The molecule has 2 aliphatic rings. The Hall–Kier alpha value is -3.08. The SMILES string of the molecule is C=C(OC)N1CCC(n2ncc3c(N4CCOCC4)nc(CCNC(=O)OC)nc32)CC1. The number of hydrogen-bond donors (Lipinski definition) is 1. The second-order valence-electron chi connectivity index (χ2n) is 7.87. The van der Waals surface area contributed by atoms with E-state index in [1.807, 2.05) is 10.9 Å². The molecule has 2 fully saturated rings. The van der Waals surface area contributed by atoms with Crippen molar-refractivity contribution >= 4 is 22.9 Å². The number of hydrogen-bond acceptors (Lipinski definition) is 9. The van der Waals surface area contributed by atoms with E-state index in [9.17, 15) is 4.79 Å². The quantitative estimate of drug-likeness (QED) is 0.631. The van der Waals surface area contributed by atoms with Crippen molar-refractivity contribution in [1.29, 1.82) is 0 Å². The molecule has 0 unspecified atom stereocenters. The van der Waals surface area contributed by atoms with Crippen molar-refractivity contribution in [1.82, 2.24) is 30.0 Å². The standard InChI is InChI=1S/C21H31N7O4/c1-15(30-2)26-8-5-16(6-9-26)28-20-17(14-23-28)19(27-10-12-32-13-11-27)24-18(25-20)4-7-22-21(29)31-3/h14,16H,1,4-13H2,2-3H3,(H,22,29). The Morgan fingerprint density at radius 3 is 2.62 bits per heavy atom. The number of piperidine rings is 1. The summed E-state index contributed by atoms with van der Waals surface area (Å²) in [6.07, 6.45) is 3.76. The van der Waals surface area contributed by atoms with Gasteiger partial charge < -0.3 is 29.3 Å². The molecule has 0 bridgehead atoms. The zero-order valence-electron chi connectivity index (χ0n) is 18.7. The van der Waals surface area contributed by atoms with Gasteiger partial charge in [-0.25, -0.2) is 19.4 Å². The van der Waals surface area contributed by atoms with Crippen LogP contribution in [0.25, 0.3) is 11.0 Å². The number of fused-ring (bicyclic) bond motifs is 1. The highest BCUT2D eigenvalue weighted by atomic mass is 16.5. The summed E-state index contributed by atoms with van der Waals surface area (Å²) in [7, 11) is 3.00. The van der Waals surface area contributed by atoms with Crippen LogP contribution in [0.3, 0.4) is 0 Å².